The van der Waals surface area contributed by atoms with Crippen LogP contribution in [0.5, 0.6) is 0 Å². The van der Waals surface area contributed by atoms with Crippen LogP contribution in [0.3, 0.4) is 0 Å². The van der Waals surface area contributed by atoms with Crippen LogP contribution in [0.25, 0.3) is 0 Å². The third-order valence-electron chi connectivity index (χ3n) is 4.19. The minimum absolute atomic E-state index is 0.0956. The Morgan fingerprint density at radius 2 is 2.23 bits per heavy atom. The zero-order valence-electron chi connectivity index (χ0n) is 14.8. The first kappa shape index (κ1) is 19.0. The molecule has 0 saturated carbocycles. The van der Waals surface area contributed by atoms with Crippen molar-refractivity contribution in [1.82, 2.24) is 20.2 Å². The van der Waals surface area contributed by atoms with E-state index in [0.717, 1.165) is 0 Å². The second-order valence-corrected chi connectivity index (χ2v) is 7.56. The molecule has 0 bridgehead atoms. The number of hydrogen-bond acceptors (Lipinski definition) is 7. The lowest BCUT2D eigenvalue weighted by Crippen LogP contribution is -2.38. The normalized spacial score (nSPS) is 15.9. The smallest absolute Gasteiger partial charge is 0.271 e. The molecule has 1 fully saturated rings. The van der Waals surface area contributed by atoms with Gasteiger partial charge in [-0.2, -0.15) is 0 Å². The average Bonchev–Trinajstić information content (AvgIpc) is 3.17. The highest BCUT2D eigenvalue weighted by Crippen LogP contribution is 2.23. The highest BCUT2D eigenvalue weighted by molar-refractivity contribution is 7.10. The van der Waals surface area contributed by atoms with Crippen LogP contribution in [-0.4, -0.2) is 67.7 Å². The number of aromatic nitrogens is 2. The van der Waals surface area contributed by atoms with Gasteiger partial charge in [-0.1, -0.05) is 17.7 Å². The van der Waals surface area contributed by atoms with Crippen LogP contribution in [0.1, 0.15) is 21.4 Å². The van der Waals surface area contributed by atoms with Gasteiger partial charge in [0, 0.05) is 24.5 Å². The molecule has 3 rings (SSSR count). The lowest BCUT2D eigenvalue weighted by Gasteiger charge is -2.27. The molecule has 0 unspecified atom stereocenters. The van der Waals surface area contributed by atoms with Gasteiger partial charge >= 0.3 is 0 Å². The largest absolute Gasteiger partial charge is 0.378 e. The first-order valence-corrected chi connectivity index (χ1v) is 9.65. The van der Waals surface area contributed by atoms with Crippen molar-refractivity contribution in [2.75, 3.05) is 51.8 Å². The van der Waals surface area contributed by atoms with Gasteiger partial charge in [0.2, 0.25) is 5.95 Å². The van der Waals surface area contributed by atoms with E-state index in [9.17, 15) is 4.79 Å². The highest BCUT2D eigenvalue weighted by atomic mass is 35.5. The van der Waals surface area contributed by atoms with E-state index in [1.54, 1.807) is 11.3 Å². The Labute approximate surface area is 161 Å². The van der Waals surface area contributed by atoms with Crippen molar-refractivity contribution in [2.45, 2.75) is 6.04 Å². The Morgan fingerprint density at radius 3 is 2.88 bits per heavy atom. The van der Waals surface area contributed by atoms with Gasteiger partial charge in [-0.15, -0.1) is 11.3 Å². The maximum atomic E-state index is 12.7. The molecule has 1 saturated heterocycles. The number of likely N-dealkylation sites (N-methyl/N-ethyl adjacent to an activating group) is 1. The number of amides is 1. The molecule has 1 atom stereocenters. The van der Waals surface area contributed by atoms with Gasteiger partial charge in [-0.3, -0.25) is 4.79 Å². The quantitative estimate of drug-likeness (QED) is 0.807. The van der Waals surface area contributed by atoms with Crippen molar-refractivity contribution in [3.05, 3.63) is 39.3 Å². The summed E-state index contributed by atoms with van der Waals surface area (Å²) < 4.78 is 5.34. The molecule has 7 nitrogen and oxygen atoms in total. The van der Waals surface area contributed by atoms with Crippen molar-refractivity contribution < 1.29 is 9.53 Å². The van der Waals surface area contributed by atoms with E-state index in [1.165, 1.54) is 11.1 Å². The Hall–Kier alpha value is -1.74. The van der Waals surface area contributed by atoms with Gasteiger partial charge in [0.1, 0.15) is 0 Å². The molecule has 140 valence electrons. The van der Waals surface area contributed by atoms with E-state index in [2.05, 4.69) is 26.3 Å². The molecular formula is C17H22ClN5O2S. The number of ether oxygens (including phenoxy) is 1. The van der Waals surface area contributed by atoms with E-state index < -0.39 is 0 Å². The molecule has 0 spiro atoms. The second-order valence-electron chi connectivity index (χ2n) is 6.17. The van der Waals surface area contributed by atoms with Crippen LogP contribution in [0.15, 0.2) is 23.7 Å². The number of carbonyl (C=O) groups excluding carboxylic acids is 1. The Balaban J connectivity index is 1.70. The maximum Gasteiger partial charge on any atom is 0.271 e. The topological polar surface area (TPSA) is 70.6 Å². The van der Waals surface area contributed by atoms with E-state index in [-0.39, 0.29) is 22.7 Å². The molecular weight excluding hydrogens is 374 g/mol. The molecule has 1 amide bonds. The van der Waals surface area contributed by atoms with Gasteiger partial charge in [0.15, 0.2) is 5.69 Å². The summed E-state index contributed by atoms with van der Waals surface area (Å²) in [4.78, 5) is 26.5. The van der Waals surface area contributed by atoms with Crippen molar-refractivity contribution >= 4 is 34.8 Å². The van der Waals surface area contributed by atoms with Crippen LogP contribution >= 0.6 is 22.9 Å². The van der Waals surface area contributed by atoms with Crippen LogP contribution in [0.4, 0.5) is 5.95 Å². The van der Waals surface area contributed by atoms with Crippen LogP contribution in [0, 0.1) is 0 Å². The number of thiophene rings is 1. The summed E-state index contributed by atoms with van der Waals surface area (Å²) in [6, 6.07) is 4.17. The molecule has 9 heteroatoms. The van der Waals surface area contributed by atoms with E-state index in [4.69, 9.17) is 16.3 Å². The highest BCUT2D eigenvalue weighted by Gasteiger charge is 2.21. The summed E-state index contributed by atoms with van der Waals surface area (Å²) in [5, 5.41) is 5.23. The predicted molar refractivity (Wildman–Crippen MR) is 103 cm³/mol. The lowest BCUT2D eigenvalue weighted by molar-refractivity contribution is 0.0937. The van der Waals surface area contributed by atoms with Crippen LogP contribution in [-0.2, 0) is 4.74 Å². The molecule has 1 aliphatic heterocycles. The SMILES string of the molecule is CN(C)[C@H](CNC(=O)c1nc(N2CCOCC2)ncc1Cl)c1cccs1. The molecule has 2 aromatic rings. The monoisotopic (exact) mass is 395 g/mol. The number of halogens is 1. The summed E-state index contributed by atoms with van der Waals surface area (Å²) in [6.45, 7) is 3.12. The maximum absolute atomic E-state index is 12.7. The number of hydrogen-bond donors (Lipinski definition) is 1. The number of carbonyl (C=O) groups is 1. The fraction of sp³-hybridized carbons (Fsp3) is 0.471. The van der Waals surface area contributed by atoms with E-state index in [0.29, 0.717) is 38.8 Å². The minimum Gasteiger partial charge on any atom is -0.378 e. The number of rotatable bonds is 6. The molecule has 2 aromatic heterocycles. The van der Waals surface area contributed by atoms with Gasteiger partial charge < -0.3 is 19.9 Å². The number of anilines is 1. The molecule has 3 heterocycles. The number of nitrogens with zero attached hydrogens (tertiary/aromatic N) is 4. The zero-order valence-corrected chi connectivity index (χ0v) is 16.4. The molecule has 0 aliphatic carbocycles. The summed E-state index contributed by atoms with van der Waals surface area (Å²) in [7, 11) is 3.98. The first-order valence-electron chi connectivity index (χ1n) is 8.39. The molecule has 26 heavy (non-hydrogen) atoms. The second kappa shape index (κ2) is 8.77. The van der Waals surface area contributed by atoms with E-state index >= 15 is 0 Å². The fourth-order valence-electron chi connectivity index (χ4n) is 2.72. The lowest BCUT2D eigenvalue weighted by atomic mass is 10.2. The number of morpholine rings is 1. The van der Waals surface area contributed by atoms with Crippen LogP contribution < -0.4 is 10.2 Å². The summed E-state index contributed by atoms with van der Waals surface area (Å²) in [6.07, 6.45) is 1.48. The van der Waals surface area contributed by atoms with Crippen molar-refractivity contribution in [3.8, 4) is 0 Å². The molecule has 0 radical (unpaired) electrons. The summed E-state index contributed by atoms with van der Waals surface area (Å²) in [5.41, 5.74) is 0.201. The fourth-order valence-corrected chi connectivity index (χ4v) is 3.82. The van der Waals surface area contributed by atoms with E-state index in [1.807, 2.05) is 30.4 Å². The van der Waals surface area contributed by atoms with Crippen molar-refractivity contribution in [1.29, 1.82) is 0 Å². The zero-order chi connectivity index (χ0) is 18.5. The Morgan fingerprint density at radius 1 is 1.46 bits per heavy atom. The molecule has 0 aromatic carbocycles. The third-order valence-corrected chi connectivity index (χ3v) is 5.44. The van der Waals surface area contributed by atoms with Gasteiger partial charge in [-0.05, 0) is 25.5 Å². The number of nitrogens with one attached hydrogen (secondary N) is 1. The Bertz CT molecular complexity index is 735. The minimum atomic E-state index is -0.296. The first-order chi connectivity index (χ1) is 12.6. The van der Waals surface area contributed by atoms with Crippen molar-refractivity contribution in [3.63, 3.8) is 0 Å². The van der Waals surface area contributed by atoms with Crippen molar-refractivity contribution in [2.24, 2.45) is 0 Å². The van der Waals surface area contributed by atoms with Crippen LogP contribution in [0.2, 0.25) is 5.02 Å². The summed E-state index contributed by atoms with van der Waals surface area (Å²) in [5.74, 6) is 0.209. The predicted octanol–water partition coefficient (Wildman–Crippen LogP) is 2.06. The standard InChI is InChI=1S/C17H22ClN5O2S/c1-22(2)13(14-4-3-9-26-14)11-19-16(24)15-12(18)10-20-17(21-15)23-5-7-25-8-6-23/h3-4,9-10,13H,5-8,11H2,1-2H3,(H,19,24)/t13-/m1/s1. The molecule has 1 aliphatic rings. The summed E-state index contributed by atoms with van der Waals surface area (Å²) >= 11 is 7.84. The van der Waals surface area contributed by atoms with Gasteiger partial charge in [0.05, 0.1) is 30.5 Å². The Kier molecular flexibility index (Phi) is 6.42. The average molecular weight is 396 g/mol. The van der Waals surface area contributed by atoms with Gasteiger partial charge in [0.25, 0.3) is 5.91 Å². The third kappa shape index (κ3) is 4.50. The molecule has 1 N–H and O–H groups in total. The van der Waals surface area contributed by atoms with Gasteiger partial charge in [-0.25, -0.2) is 9.97 Å².